The highest BCUT2D eigenvalue weighted by molar-refractivity contribution is 6.31. The van der Waals surface area contributed by atoms with Gasteiger partial charge < -0.3 is 45.5 Å². The molecule has 2 aromatic rings. The van der Waals surface area contributed by atoms with Gasteiger partial charge in [0.15, 0.2) is 12.1 Å². The molecule has 0 bridgehead atoms. The fraction of sp³-hybridized carbons (Fsp3) is 0.481. The molecule has 212 valence electrons. The van der Waals surface area contributed by atoms with Gasteiger partial charge in [-0.1, -0.05) is 12.1 Å². The Bertz CT molecular complexity index is 1320. The molecule has 0 spiro atoms. The summed E-state index contributed by atoms with van der Waals surface area (Å²) in [5, 5.41) is 54.7. The lowest BCUT2D eigenvalue weighted by Gasteiger charge is -2.43. The van der Waals surface area contributed by atoms with E-state index in [0.717, 1.165) is 0 Å². The average Bonchev–Trinajstić information content (AvgIpc) is 2.87. The molecule has 2 aliphatic carbocycles. The molecule has 7 atom stereocenters. The Morgan fingerprint density at radius 2 is 1.79 bits per heavy atom. The van der Waals surface area contributed by atoms with Crippen LogP contribution >= 0.6 is 12.4 Å². The van der Waals surface area contributed by atoms with Crippen LogP contribution in [0.15, 0.2) is 18.2 Å². The van der Waals surface area contributed by atoms with Gasteiger partial charge in [-0.2, -0.15) is 0 Å². The van der Waals surface area contributed by atoms with Crippen molar-refractivity contribution in [3.05, 3.63) is 51.6 Å². The van der Waals surface area contributed by atoms with Gasteiger partial charge >= 0.3 is 0 Å². The quantitative estimate of drug-likeness (QED) is 0.250. The van der Waals surface area contributed by atoms with Gasteiger partial charge in [-0.05, 0) is 19.9 Å². The number of hydrogen-bond acceptors (Lipinski definition) is 11. The third kappa shape index (κ3) is 4.48. The number of benzene rings is 2. The van der Waals surface area contributed by atoms with E-state index >= 15 is 0 Å². The lowest BCUT2D eigenvalue weighted by Crippen LogP contribution is -2.53. The second kappa shape index (κ2) is 10.3. The summed E-state index contributed by atoms with van der Waals surface area (Å²) in [5.74, 6) is -2.44. The van der Waals surface area contributed by atoms with Gasteiger partial charge in [-0.3, -0.25) is 9.59 Å². The minimum atomic E-state index is -1.80. The van der Waals surface area contributed by atoms with Gasteiger partial charge in [0.05, 0.1) is 53.8 Å². The first-order chi connectivity index (χ1) is 17.9. The van der Waals surface area contributed by atoms with E-state index in [1.165, 1.54) is 32.2 Å². The Hall–Kier alpha value is -2.77. The number of ketones is 2. The Balaban J connectivity index is 0.00000353. The van der Waals surface area contributed by atoms with Crippen molar-refractivity contribution < 1.29 is 49.3 Å². The molecule has 11 nitrogen and oxygen atoms in total. The van der Waals surface area contributed by atoms with Crippen molar-refractivity contribution >= 4 is 24.0 Å². The lowest BCUT2D eigenvalue weighted by molar-refractivity contribution is -0.250. The number of halogens is 1. The molecule has 0 aromatic heterocycles. The summed E-state index contributed by atoms with van der Waals surface area (Å²) in [6, 6.07) is 3.80. The number of carbonyl (C=O) groups is 2. The van der Waals surface area contributed by atoms with E-state index in [9.17, 15) is 35.1 Å². The minimum absolute atomic E-state index is 0. The van der Waals surface area contributed by atoms with Crippen LogP contribution in [0.3, 0.4) is 0 Å². The molecule has 0 radical (unpaired) electrons. The number of aliphatic hydroxyl groups excluding tert-OH is 2. The number of aliphatic hydroxyl groups is 3. The highest BCUT2D eigenvalue weighted by atomic mass is 35.5. The van der Waals surface area contributed by atoms with E-state index in [-0.39, 0.29) is 59.7 Å². The molecule has 5 rings (SSSR count). The predicted octanol–water partition coefficient (Wildman–Crippen LogP) is 1.24. The predicted molar refractivity (Wildman–Crippen MR) is 139 cm³/mol. The first-order valence-corrected chi connectivity index (χ1v) is 12.4. The molecule has 1 unspecified atom stereocenters. The van der Waals surface area contributed by atoms with Crippen LogP contribution in [-0.4, -0.2) is 80.5 Å². The fourth-order valence-electron chi connectivity index (χ4n) is 5.74. The summed E-state index contributed by atoms with van der Waals surface area (Å²) in [5.41, 5.74) is 3.37. The zero-order valence-electron chi connectivity index (χ0n) is 21.6. The van der Waals surface area contributed by atoms with Crippen LogP contribution in [0.1, 0.15) is 75.8 Å². The highest BCUT2D eigenvalue weighted by Gasteiger charge is 2.49. The monoisotopic (exact) mass is 565 g/mol. The van der Waals surface area contributed by atoms with Crippen LogP contribution in [0.2, 0.25) is 0 Å². The van der Waals surface area contributed by atoms with Crippen molar-refractivity contribution in [1.82, 2.24) is 0 Å². The average molecular weight is 566 g/mol. The number of nitrogens with two attached hydrogens (primary N) is 1. The number of rotatable bonds is 4. The normalized spacial score (nSPS) is 30.5. The van der Waals surface area contributed by atoms with Gasteiger partial charge in [0, 0.05) is 42.0 Å². The summed E-state index contributed by atoms with van der Waals surface area (Å²) >= 11 is 0. The van der Waals surface area contributed by atoms with E-state index < -0.39 is 76.5 Å². The first-order valence-electron chi connectivity index (χ1n) is 12.4. The molecule has 7 N–H and O–H groups in total. The third-order valence-corrected chi connectivity index (χ3v) is 7.95. The van der Waals surface area contributed by atoms with Crippen molar-refractivity contribution in [2.24, 2.45) is 5.73 Å². The molecule has 1 aliphatic heterocycles. The van der Waals surface area contributed by atoms with Crippen molar-refractivity contribution in [2.45, 2.75) is 75.5 Å². The minimum Gasteiger partial charge on any atom is -0.507 e. The molecule has 2 aromatic carbocycles. The van der Waals surface area contributed by atoms with Gasteiger partial charge in [0.1, 0.15) is 17.2 Å². The molecule has 1 saturated heterocycles. The fourth-order valence-corrected chi connectivity index (χ4v) is 5.74. The molecule has 39 heavy (non-hydrogen) atoms. The molecular formula is C27H32ClNO10. The second-order valence-corrected chi connectivity index (χ2v) is 10.3. The largest absolute Gasteiger partial charge is 0.507 e. The topological polar surface area (TPSA) is 189 Å². The maximum Gasteiger partial charge on any atom is 0.202 e. The highest BCUT2D eigenvalue weighted by Crippen LogP contribution is 2.52. The van der Waals surface area contributed by atoms with Crippen molar-refractivity contribution in [1.29, 1.82) is 0 Å². The van der Waals surface area contributed by atoms with Crippen LogP contribution in [0.4, 0.5) is 0 Å². The Morgan fingerprint density at radius 3 is 2.41 bits per heavy atom. The van der Waals surface area contributed by atoms with E-state index in [4.69, 9.17) is 19.9 Å². The molecule has 3 aliphatic rings. The Kier molecular flexibility index (Phi) is 7.74. The smallest absolute Gasteiger partial charge is 0.202 e. The molecular weight excluding hydrogens is 534 g/mol. The van der Waals surface area contributed by atoms with Crippen LogP contribution in [0, 0.1) is 0 Å². The van der Waals surface area contributed by atoms with Crippen molar-refractivity contribution in [2.75, 3.05) is 7.11 Å². The zero-order valence-corrected chi connectivity index (χ0v) is 22.4. The van der Waals surface area contributed by atoms with Gasteiger partial charge in [0.25, 0.3) is 0 Å². The third-order valence-electron chi connectivity index (χ3n) is 7.95. The number of hydrogen-bond donors (Lipinski definition) is 6. The Morgan fingerprint density at radius 1 is 1.13 bits per heavy atom. The number of phenols is 2. The number of methoxy groups -OCH3 is 1. The standard InChI is InChI=1S/C27H31NO10.ClH/c1-10-22(30)14(28)7-17(37-10)38-16-9-27(35,11(2)29)8-13-19(16)26(34)21-20(24(13)32)23(31)12-5-4-6-15(36-3)18(12)25(21)33;/h4-6,10-11,14,16-17,22,29-30,32,34-35H,7-9,28H2,1-3H3;1H/t10-,11?,14-,16-,17-,22+,27-;/m0./s1. The zero-order chi connectivity index (χ0) is 27.7. The maximum atomic E-state index is 13.6. The molecule has 1 fully saturated rings. The van der Waals surface area contributed by atoms with Gasteiger partial charge in [-0.25, -0.2) is 0 Å². The number of aromatic hydroxyl groups is 2. The van der Waals surface area contributed by atoms with Gasteiger partial charge in [-0.15, -0.1) is 12.4 Å². The summed E-state index contributed by atoms with van der Waals surface area (Å²) in [6.45, 7) is 3.00. The molecule has 1 heterocycles. The lowest BCUT2D eigenvalue weighted by atomic mass is 9.71. The van der Waals surface area contributed by atoms with Crippen molar-refractivity contribution in [3.63, 3.8) is 0 Å². The Labute approximate surface area is 230 Å². The van der Waals surface area contributed by atoms with E-state index in [1.807, 2.05) is 0 Å². The van der Waals surface area contributed by atoms with E-state index in [2.05, 4.69) is 0 Å². The van der Waals surface area contributed by atoms with Crippen LogP contribution in [-0.2, 0) is 15.9 Å². The van der Waals surface area contributed by atoms with E-state index in [0.29, 0.717) is 0 Å². The molecule has 0 amide bonds. The number of carbonyl (C=O) groups excluding carboxylic acids is 2. The van der Waals surface area contributed by atoms with Crippen LogP contribution in [0.5, 0.6) is 17.2 Å². The summed E-state index contributed by atoms with van der Waals surface area (Å²) in [4.78, 5) is 27.1. The van der Waals surface area contributed by atoms with Crippen LogP contribution in [0.25, 0.3) is 0 Å². The van der Waals surface area contributed by atoms with Crippen LogP contribution < -0.4 is 10.5 Å². The number of fused-ring (bicyclic) bond motifs is 3. The van der Waals surface area contributed by atoms with Gasteiger partial charge in [0.2, 0.25) is 5.78 Å². The molecule has 12 heteroatoms. The number of ether oxygens (including phenoxy) is 3. The summed E-state index contributed by atoms with van der Waals surface area (Å²) < 4.78 is 17.1. The van der Waals surface area contributed by atoms with Crippen molar-refractivity contribution in [3.8, 4) is 17.2 Å². The SMILES string of the molecule is COc1cccc2c1C(=O)c1c(O)c3c(c(O)c1C2=O)C[C@@](O)(C(C)O)C[C@@H]3O[C@H]1C[C@H](N)[C@H](O)[C@H](C)O1.Cl. The second-order valence-electron chi connectivity index (χ2n) is 10.3. The maximum absolute atomic E-state index is 13.6. The molecule has 0 saturated carbocycles. The summed E-state index contributed by atoms with van der Waals surface area (Å²) in [6.07, 6.45) is -5.47. The number of phenolic OH excluding ortho intramolecular Hbond substituents is 2. The first kappa shape index (κ1) is 29.2. The van der Waals surface area contributed by atoms with E-state index in [1.54, 1.807) is 6.92 Å². The summed E-state index contributed by atoms with van der Waals surface area (Å²) in [7, 11) is 1.35.